The lowest BCUT2D eigenvalue weighted by molar-refractivity contribution is -0.181. The first kappa shape index (κ1) is 26.4. The van der Waals surface area contributed by atoms with Gasteiger partial charge in [-0.2, -0.15) is 13.2 Å². The van der Waals surface area contributed by atoms with Gasteiger partial charge < -0.3 is 4.74 Å². The van der Waals surface area contributed by atoms with Crippen molar-refractivity contribution in [3.05, 3.63) is 0 Å². The second-order valence-electron chi connectivity index (χ2n) is 8.17. The molecular weight excluding hydrogens is 379 g/mol. The van der Waals surface area contributed by atoms with Crippen LogP contribution < -0.4 is 4.72 Å². The SMILES string of the molecule is CCCCCCCC[C@H](C(=O)OC(C)C)[C@H](N[S@@](=O)C(C)(C)C)C(F)(F)F. The first-order chi connectivity index (χ1) is 12.3. The Kier molecular flexibility index (Phi) is 11.8. The van der Waals surface area contributed by atoms with Crippen LogP contribution in [0.3, 0.4) is 0 Å². The Balaban J connectivity index is 5.27. The van der Waals surface area contributed by atoms with Crippen molar-refractivity contribution < 1.29 is 26.9 Å². The summed E-state index contributed by atoms with van der Waals surface area (Å²) in [6, 6.07) is -2.19. The van der Waals surface area contributed by atoms with Crippen molar-refractivity contribution in [2.75, 3.05) is 0 Å². The van der Waals surface area contributed by atoms with Crippen molar-refractivity contribution in [3.63, 3.8) is 0 Å². The van der Waals surface area contributed by atoms with Gasteiger partial charge in [-0.05, 0) is 41.0 Å². The predicted octanol–water partition coefficient (Wildman–Crippen LogP) is 5.29. The van der Waals surface area contributed by atoms with Gasteiger partial charge in [0.25, 0.3) is 0 Å². The quantitative estimate of drug-likeness (QED) is 0.348. The van der Waals surface area contributed by atoms with E-state index in [4.69, 9.17) is 4.74 Å². The minimum Gasteiger partial charge on any atom is -0.463 e. The van der Waals surface area contributed by atoms with Gasteiger partial charge in [-0.3, -0.25) is 4.79 Å². The van der Waals surface area contributed by atoms with E-state index < -0.39 is 45.9 Å². The minimum absolute atomic E-state index is 0.0518. The topological polar surface area (TPSA) is 55.4 Å². The Morgan fingerprint density at radius 2 is 1.56 bits per heavy atom. The van der Waals surface area contributed by atoms with Gasteiger partial charge in [-0.15, -0.1) is 0 Å². The van der Waals surface area contributed by atoms with Crippen LogP contribution in [0.25, 0.3) is 0 Å². The molecule has 0 rings (SSSR count). The monoisotopic (exact) mass is 415 g/mol. The molecule has 8 heteroatoms. The number of ether oxygens (including phenoxy) is 1. The third-order valence-electron chi connectivity index (χ3n) is 4.07. The normalized spacial score (nSPS) is 16.2. The summed E-state index contributed by atoms with van der Waals surface area (Å²) in [5.41, 5.74) is 0. The van der Waals surface area contributed by atoms with Crippen molar-refractivity contribution in [1.82, 2.24) is 4.72 Å². The molecule has 0 amide bonds. The van der Waals surface area contributed by atoms with Crippen molar-refractivity contribution in [3.8, 4) is 0 Å². The first-order valence-electron chi connectivity index (χ1n) is 9.76. The molecule has 0 heterocycles. The molecule has 0 spiro atoms. The van der Waals surface area contributed by atoms with Crippen molar-refractivity contribution in [2.24, 2.45) is 5.92 Å². The number of esters is 1. The van der Waals surface area contributed by atoms with Gasteiger partial charge in [0, 0.05) is 0 Å². The van der Waals surface area contributed by atoms with Gasteiger partial charge in [0.1, 0.15) is 6.04 Å². The Bertz CT molecular complexity index is 462. The number of hydrogen-bond acceptors (Lipinski definition) is 3. The van der Waals surface area contributed by atoms with Crippen LogP contribution in [0.5, 0.6) is 0 Å². The summed E-state index contributed by atoms with van der Waals surface area (Å²) < 4.78 is 59.7. The van der Waals surface area contributed by atoms with E-state index in [0.29, 0.717) is 6.42 Å². The van der Waals surface area contributed by atoms with Gasteiger partial charge in [0.15, 0.2) is 0 Å². The lowest BCUT2D eigenvalue weighted by Gasteiger charge is -2.31. The molecule has 0 saturated carbocycles. The molecule has 3 atom stereocenters. The molecule has 0 bridgehead atoms. The molecule has 4 nitrogen and oxygen atoms in total. The maximum Gasteiger partial charge on any atom is 0.405 e. The molecule has 0 unspecified atom stereocenters. The highest BCUT2D eigenvalue weighted by atomic mass is 32.2. The Morgan fingerprint density at radius 3 is 2.00 bits per heavy atom. The van der Waals surface area contributed by atoms with E-state index in [1.165, 1.54) is 0 Å². The van der Waals surface area contributed by atoms with Crippen LogP contribution in [-0.2, 0) is 20.5 Å². The molecule has 0 aromatic carbocycles. The summed E-state index contributed by atoms with van der Waals surface area (Å²) in [6.45, 7) is 10.0. The number of carbonyl (C=O) groups excluding carboxylic acids is 1. The zero-order chi connectivity index (χ0) is 21.3. The van der Waals surface area contributed by atoms with E-state index in [1.807, 2.05) is 0 Å². The largest absolute Gasteiger partial charge is 0.463 e. The number of rotatable bonds is 12. The highest BCUT2D eigenvalue weighted by molar-refractivity contribution is 7.84. The third kappa shape index (κ3) is 11.1. The van der Waals surface area contributed by atoms with Gasteiger partial charge in [0.2, 0.25) is 0 Å². The van der Waals surface area contributed by atoms with E-state index in [9.17, 15) is 22.2 Å². The van der Waals surface area contributed by atoms with Crippen LogP contribution in [0, 0.1) is 5.92 Å². The predicted molar refractivity (Wildman–Crippen MR) is 104 cm³/mol. The standard InChI is InChI=1S/C19H36F3NO3S/c1-7-8-9-10-11-12-13-15(17(24)26-14(2)3)16(19(20,21)22)23-27(25)18(4,5)6/h14-16,23H,7-13H2,1-6H3/t15-,16-,27-/m0/s1. The Labute approximate surface area is 164 Å². The zero-order valence-electron chi connectivity index (χ0n) is 17.4. The molecule has 0 fully saturated rings. The van der Waals surface area contributed by atoms with E-state index >= 15 is 0 Å². The van der Waals surface area contributed by atoms with Crippen LogP contribution in [0.15, 0.2) is 0 Å². The first-order valence-corrected chi connectivity index (χ1v) is 10.9. The summed E-state index contributed by atoms with van der Waals surface area (Å²) in [7, 11) is -1.95. The van der Waals surface area contributed by atoms with Crippen molar-refractivity contribution >= 4 is 17.0 Å². The smallest absolute Gasteiger partial charge is 0.405 e. The molecular formula is C19H36F3NO3S. The average molecular weight is 416 g/mol. The maximum atomic E-state index is 13.7. The zero-order valence-corrected chi connectivity index (χ0v) is 18.3. The summed E-state index contributed by atoms with van der Waals surface area (Å²) >= 11 is 0. The number of alkyl halides is 3. The number of unbranched alkanes of at least 4 members (excludes halogenated alkanes) is 5. The molecule has 0 aliphatic heterocycles. The second-order valence-corrected chi connectivity index (χ2v) is 10.2. The van der Waals surface area contributed by atoms with Crippen LogP contribution in [0.2, 0.25) is 0 Å². The molecule has 162 valence electrons. The van der Waals surface area contributed by atoms with Crippen LogP contribution in [0.1, 0.15) is 86.5 Å². The minimum atomic E-state index is -4.70. The molecule has 0 aliphatic carbocycles. The fourth-order valence-corrected chi connectivity index (χ4v) is 3.44. The molecule has 0 aromatic heterocycles. The van der Waals surface area contributed by atoms with Gasteiger partial charge >= 0.3 is 12.1 Å². The van der Waals surface area contributed by atoms with E-state index in [-0.39, 0.29) is 6.42 Å². The van der Waals surface area contributed by atoms with Gasteiger partial charge in [0.05, 0.1) is 27.8 Å². The molecule has 0 radical (unpaired) electrons. The summed E-state index contributed by atoms with van der Waals surface area (Å²) in [5, 5.41) is 0. The molecule has 27 heavy (non-hydrogen) atoms. The molecule has 0 saturated heterocycles. The summed E-state index contributed by atoms with van der Waals surface area (Å²) in [6.07, 6.45) is 0.241. The van der Waals surface area contributed by atoms with Crippen LogP contribution in [0.4, 0.5) is 13.2 Å². The number of halogens is 3. The number of hydrogen-bond donors (Lipinski definition) is 1. The van der Waals surface area contributed by atoms with E-state index in [1.54, 1.807) is 34.6 Å². The number of nitrogens with one attached hydrogen (secondary N) is 1. The summed E-state index contributed by atoms with van der Waals surface area (Å²) in [5.74, 6) is -2.30. The van der Waals surface area contributed by atoms with Crippen molar-refractivity contribution in [1.29, 1.82) is 0 Å². The second kappa shape index (κ2) is 12.0. The average Bonchev–Trinajstić information content (AvgIpc) is 2.49. The molecule has 0 aromatic rings. The van der Waals surface area contributed by atoms with Crippen LogP contribution >= 0.6 is 0 Å². The van der Waals surface area contributed by atoms with Crippen LogP contribution in [-0.4, -0.2) is 33.2 Å². The third-order valence-corrected chi connectivity index (χ3v) is 5.65. The Morgan fingerprint density at radius 1 is 1.04 bits per heavy atom. The fraction of sp³-hybridized carbons (Fsp3) is 0.947. The maximum absolute atomic E-state index is 13.7. The molecule has 1 N–H and O–H groups in total. The van der Waals surface area contributed by atoms with E-state index in [0.717, 1.165) is 32.1 Å². The fourth-order valence-electron chi connectivity index (χ4n) is 2.55. The molecule has 0 aliphatic rings. The lowest BCUT2D eigenvalue weighted by atomic mass is 9.93. The van der Waals surface area contributed by atoms with Gasteiger partial charge in [-0.1, -0.05) is 45.4 Å². The summed E-state index contributed by atoms with van der Waals surface area (Å²) in [4.78, 5) is 12.4. The number of carbonyl (C=O) groups is 1. The van der Waals surface area contributed by atoms with Gasteiger partial charge in [-0.25, -0.2) is 8.93 Å². The highest BCUT2D eigenvalue weighted by Gasteiger charge is 2.49. The van der Waals surface area contributed by atoms with Crippen molar-refractivity contribution in [2.45, 2.75) is 110 Å². The lowest BCUT2D eigenvalue weighted by Crippen LogP contribution is -2.53. The highest BCUT2D eigenvalue weighted by Crippen LogP contribution is 2.31. The van der Waals surface area contributed by atoms with E-state index in [2.05, 4.69) is 11.6 Å². The Hall–Kier alpha value is -0.630.